The molecule has 2 aromatic rings. The van der Waals surface area contributed by atoms with E-state index < -0.39 is 5.97 Å². The molecule has 0 saturated heterocycles. The van der Waals surface area contributed by atoms with Gasteiger partial charge in [0, 0.05) is 16.6 Å². The Morgan fingerprint density at radius 3 is 2.80 bits per heavy atom. The number of aromatic carboxylic acids is 1. The largest absolute Gasteiger partial charge is 0.475 e. The second kappa shape index (κ2) is 6.11. The highest BCUT2D eigenvalue weighted by Crippen LogP contribution is 2.19. The van der Waals surface area contributed by atoms with Gasteiger partial charge in [0.25, 0.3) is 0 Å². The Kier molecular flexibility index (Phi) is 4.47. The lowest BCUT2D eigenvalue weighted by Crippen LogP contribution is -2.17. The minimum Gasteiger partial charge on any atom is -0.475 e. The highest BCUT2D eigenvalue weighted by molar-refractivity contribution is 6.30. The molecule has 5 heteroatoms. The van der Waals surface area contributed by atoms with Crippen LogP contribution in [0.3, 0.4) is 0 Å². The first-order valence-corrected chi connectivity index (χ1v) is 6.66. The van der Waals surface area contributed by atoms with Crippen molar-refractivity contribution in [2.75, 3.05) is 0 Å². The van der Waals surface area contributed by atoms with E-state index in [4.69, 9.17) is 21.1 Å². The van der Waals surface area contributed by atoms with Crippen molar-refractivity contribution in [2.24, 2.45) is 0 Å². The summed E-state index contributed by atoms with van der Waals surface area (Å²) >= 11 is 5.95. The van der Waals surface area contributed by atoms with E-state index in [2.05, 4.69) is 5.32 Å². The van der Waals surface area contributed by atoms with Crippen LogP contribution in [-0.2, 0) is 6.54 Å². The molecule has 1 aromatic heterocycles. The van der Waals surface area contributed by atoms with Crippen LogP contribution in [0.25, 0.3) is 0 Å². The summed E-state index contributed by atoms with van der Waals surface area (Å²) in [5.74, 6) is -0.442. The summed E-state index contributed by atoms with van der Waals surface area (Å²) in [5.41, 5.74) is 1.70. The van der Waals surface area contributed by atoms with E-state index in [9.17, 15) is 4.79 Å². The maximum Gasteiger partial charge on any atom is 0.372 e. The van der Waals surface area contributed by atoms with Crippen molar-refractivity contribution in [1.29, 1.82) is 0 Å². The zero-order valence-electron chi connectivity index (χ0n) is 11.3. The molecular weight excluding hydrogens is 278 g/mol. The highest BCUT2D eigenvalue weighted by atomic mass is 35.5. The van der Waals surface area contributed by atoms with Gasteiger partial charge in [-0.25, -0.2) is 4.79 Å². The molecule has 0 radical (unpaired) electrons. The third kappa shape index (κ3) is 3.40. The zero-order valence-corrected chi connectivity index (χ0v) is 12.1. The smallest absolute Gasteiger partial charge is 0.372 e. The first-order chi connectivity index (χ1) is 9.47. The lowest BCUT2D eigenvalue weighted by molar-refractivity contribution is 0.0659. The predicted molar refractivity (Wildman–Crippen MR) is 77.1 cm³/mol. The van der Waals surface area contributed by atoms with Crippen LogP contribution in [0.1, 0.15) is 40.4 Å². The van der Waals surface area contributed by atoms with Crippen LogP contribution in [-0.4, -0.2) is 11.1 Å². The van der Waals surface area contributed by atoms with E-state index in [0.717, 1.165) is 5.56 Å². The molecule has 1 atom stereocenters. The summed E-state index contributed by atoms with van der Waals surface area (Å²) in [6.45, 7) is 4.19. The Morgan fingerprint density at radius 2 is 2.20 bits per heavy atom. The SMILES string of the molecule is Cc1cc(CN[C@H](C)c2cccc(Cl)c2)oc1C(=O)O. The Balaban J connectivity index is 2.01. The predicted octanol–water partition coefficient (Wildman–Crippen LogP) is 3.79. The number of carboxylic acids is 1. The number of hydrogen-bond donors (Lipinski definition) is 2. The summed E-state index contributed by atoms with van der Waals surface area (Å²) in [6, 6.07) is 9.44. The molecule has 0 unspecified atom stereocenters. The fraction of sp³-hybridized carbons (Fsp3) is 0.267. The number of carbonyl (C=O) groups is 1. The van der Waals surface area contributed by atoms with E-state index >= 15 is 0 Å². The molecule has 20 heavy (non-hydrogen) atoms. The van der Waals surface area contributed by atoms with E-state index in [1.165, 1.54) is 0 Å². The van der Waals surface area contributed by atoms with Crippen LogP contribution >= 0.6 is 11.6 Å². The lowest BCUT2D eigenvalue weighted by Gasteiger charge is -2.13. The van der Waals surface area contributed by atoms with Crippen molar-refractivity contribution >= 4 is 17.6 Å². The Labute approximate surface area is 122 Å². The van der Waals surface area contributed by atoms with Gasteiger partial charge in [0.2, 0.25) is 5.76 Å². The molecule has 0 fully saturated rings. The molecule has 0 aliphatic heterocycles. The number of rotatable bonds is 5. The molecule has 2 rings (SSSR count). The number of aryl methyl sites for hydroxylation is 1. The van der Waals surface area contributed by atoms with Gasteiger partial charge >= 0.3 is 5.97 Å². The quantitative estimate of drug-likeness (QED) is 0.880. The van der Waals surface area contributed by atoms with Crippen molar-refractivity contribution in [2.45, 2.75) is 26.4 Å². The maximum atomic E-state index is 10.9. The molecule has 0 aliphatic rings. The molecule has 1 aromatic carbocycles. The minimum atomic E-state index is -1.04. The summed E-state index contributed by atoms with van der Waals surface area (Å²) < 4.78 is 5.30. The van der Waals surface area contributed by atoms with E-state index in [1.54, 1.807) is 13.0 Å². The molecule has 2 N–H and O–H groups in total. The van der Waals surface area contributed by atoms with Gasteiger partial charge in [-0.3, -0.25) is 0 Å². The number of carboxylic acid groups (broad SMARTS) is 1. The van der Waals surface area contributed by atoms with Crippen LogP contribution < -0.4 is 5.32 Å². The van der Waals surface area contributed by atoms with Gasteiger partial charge in [-0.15, -0.1) is 0 Å². The standard InChI is InChI=1S/C15H16ClNO3/c1-9-6-13(20-14(9)15(18)19)8-17-10(2)11-4-3-5-12(16)7-11/h3-7,10,17H,8H2,1-2H3,(H,18,19)/t10-/m1/s1. The minimum absolute atomic E-state index is 0.00258. The normalized spacial score (nSPS) is 12.3. The summed E-state index contributed by atoms with van der Waals surface area (Å²) in [6.07, 6.45) is 0. The van der Waals surface area contributed by atoms with Gasteiger partial charge in [-0.2, -0.15) is 0 Å². The van der Waals surface area contributed by atoms with Crippen molar-refractivity contribution in [1.82, 2.24) is 5.32 Å². The fourth-order valence-corrected chi connectivity index (χ4v) is 2.19. The molecule has 0 spiro atoms. The summed E-state index contributed by atoms with van der Waals surface area (Å²) in [4.78, 5) is 10.9. The Hall–Kier alpha value is -1.78. The van der Waals surface area contributed by atoms with Crippen LogP contribution in [0.2, 0.25) is 5.02 Å². The van der Waals surface area contributed by atoms with Gasteiger partial charge in [0.05, 0.1) is 6.54 Å². The second-order valence-electron chi connectivity index (χ2n) is 4.69. The third-order valence-corrected chi connectivity index (χ3v) is 3.33. The third-order valence-electron chi connectivity index (χ3n) is 3.09. The van der Waals surface area contributed by atoms with E-state index in [1.807, 2.05) is 31.2 Å². The summed E-state index contributed by atoms with van der Waals surface area (Å²) in [5, 5.41) is 12.9. The first kappa shape index (κ1) is 14.6. The maximum absolute atomic E-state index is 10.9. The molecule has 0 aliphatic carbocycles. The Bertz CT molecular complexity index is 621. The fourth-order valence-electron chi connectivity index (χ4n) is 1.99. The number of hydrogen-bond acceptors (Lipinski definition) is 3. The zero-order chi connectivity index (χ0) is 14.7. The Morgan fingerprint density at radius 1 is 1.45 bits per heavy atom. The molecular formula is C15H16ClNO3. The van der Waals surface area contributed by atoms with E-state index in [0.29, 0.717) is 22.9 Å². The van der Waals surface area contributed by atoms with E-state index in [-0.39, 0.29) is 11.8 Å². The lowest BCUT2D eigenvalue weighted by atomic mass is 10.1. The van der Waals surface area contributed by atoms with Crippen molar-refractivity contribution in [3.05, 3.63) is 58.0 Å². The average molecular weight is 294 g/mol. The van der Waals surface area contributed by atoms with Crippen LogP contribution in [0.5, 0.6) is 0 Å². The molecule has 4 nitrogen and oxygen atoms in total. The number of furan rings is 1. The van der Waals surface area contributed by atoms with Gasteiger partial charge in [-0.05, 0) is 37.6 Å². The second-order valence-corrected chi connectivity index (χ2v) is 5.12. The first-order valence-electron chi connectivity index (χ1n) is 6.29. The van der Waals surface area contributed by atoms with Crippen LogP contribution in [0.15, 0.2) is 34.7 Å². The van der Waals surface area contributed by atoms with Crippen molar-refractivity contribution in [3.63, 3.8) is 0 Å². The van der Waals surface area contributed by atoms with Crippen molar-refractivity contribution in [3.8, 4) is 0 Å². The number of benzene rings is 1. The van der Waals surface area contributed by atoms with Gasteiger partial charge < -0.3 is 14.8 Å². The monoisotopic (exact) mass is 293 g/mol. The van der Waals surface area contributed by atoms with Gasteiger partial charge in [0.15, 0.2) is 0 Å². The molecule has 0 saturated carbocycles. The number of nitrogens with one attached hydrogen (secondary N) is 1. The van der Waals surface area contributed by atoms with Crippen LogP contribution in [0, 0.1) is 6.92 Å². The molecule has 106 valence electrons. The molecule has 1 heterocycles. The highest BCUT2D eigenvalue weighted by Gasteiger charge is 2.14. The number of halogens is 1. The average Bonchev–Trinajstić information content (AvgIpc) is 2.77. The van der Waals surface area contributed by atoms with Crippen molar-refractivity contribution < 1.29 is 14.3 Å². The topological polar surface area (TPSA) is 62.5 Å². The van der Waals surface area contributed by atoms with Gasteiger partial charge in [-0.1, -0.05) is 23.7 Å². The molecule has 0 amide bonds. The van der Waals surface area contributed by atoms with Gasteiger partial charge in [0.1, 0.15) is 5.76 Å². The molecule has 0 bridgehead atoms. The van der Waals surface area contributed by atoms with Crippen LogP contribution in [0.4, 0.5) is 0 Å². The summed E-state index contributed by atoms with van der Waals surface area (Å²) in [7, 11) is 0.